The molecule has 2 aromatic rings. The van der Waals surface area contributed by atoms with Crippen LogP contribution in [0.3, 0.4) is 0 Å². The molecule has 0 aliphatic heterocycles. The number of nitrogens with one attached hydrogen (secondary N) is 2. The maximum Gasteiger partial charge on any atom is 0.323 e. The van der Waals surface area contributed by atoms with E-state index in [1.54, 1.807) is 30.0 Å². The van der Waals surface area contributed by atoms with E-state index in [0.29, 0.717) is 17.1 Å². The van der Waals surface area contributed by atoms with Crippen molar-refractivity contribution in [2.24, 2.45) is 0 Å². The topological polar surface area (TPSA) is 61.4 Å². The lowest BCUT2D eigenvalue weighted by Crippen LogP contribution is -2.20. The monoisotopic (exact) mass is 336 g/mol. The van der Waals surface area contributed by atoms with Gasteiger partial charge in [-0.25, -0.2) is 4.79 Å². The summed E-state index contributed by atoms with van der Waals surface area (Å²) in [6.45, 7) is 0.00764. The Morgan fingerprint density at radius 1 is 1.23 bits per heavy atom. The minimum atomic E-state index is -0.347. The third kappa shape index (κ3) is 4.66. The summed E-state index contributed by atoms with van der Waals surface area (Å²) in [6.07, 6.45) is 2.43. The number of aliphatic hydroxyl groups is 1. The summed E-state index contributed by atoms with van der Waals surface area (Å²) < 4.78 is 0. The lowest BCUT2D eigenvalue weighted by atomic mass is 10.1. The summed E-state index contributed by atoms with van der Waals surface area (Å²) in [5, 5.41) is 15.2. The fourth-order valence-electron chi connectivity index (χ4n) is 1.99. The molecule has 0 spiro atoms. The zero-order valence-electron chi connectivity index (χ0n) is 12.1. The first kappa shape index (κ1) is 16.7. The van der Waals surface area contributed by atoms with Gasteiger partial charge in [0.1, 0.15) is 0 Å². The highest BCUT2D eigenvalue weighted by Gasteiger charge is 2.08. The molecule has 2 rings (SSSR count). The highest BCUT2D eigenvalue weighted by atomic mass is 35.5. The van der Waals surface area contributed by atoms with Crippen molar-refractivity contribution in [1.29, 1.82) is 0 Å². The fraction of sp³-hybridized carbons (Fsp3) is 0.188. The van der Waals surface area contributed by atoms with Gasteiger partial charge >= 0.3 is 6.03 Å². The second-order valence-electron chi connectivity index (χ2n) is 4.59. The van der Waals surface area contributed by atoms with Gasteiger partial charge in [0.05, 0.1) is 0 Å². The first-order valence-electron chi connectivity index (χ1n) is 6.73. The quantitative estimate of drug-likeness (QED) is 0.716. The molecule has 0 unspecified atom stereocenters. The lowest BCUT2D eigenvalue weighted by molar-refractivity contribution is 0.262. The third-order valence-electron chi connectivity index (χ3n) is 3.03. The maximum atomic E-state index is 12.1. The Balaban J connectivity index is 2.09. The largest absolute Gasteiger partial charge is 0.396 e. The molecule has 0 aliphatic rings. The number of halogens is 1. The van der Waals surface area contributed by atoms with E-state index < -0.39 is 0 Å². The van der Waals surface area contributed by atoms with Crippen molar-refractivity contribution < 1.29 is 9.90 Å². The Morgan fingerprint density at radius 2 is 2.05 bits per heavy atom. The van der Waals surface area contributed by atoms with Gasteiger partial charge in [-0.05, 0) is 48.6 Å². The van der Waals surface area contributed by atoms with Gasteiger partial charge < -0.3 is 15.7 Å². The number of benzene rings is 2. The van der Waals surface area contributed by atoms with Gasteiger partial charge in [0, 0.05) is 27.9 Å². The SMILES string of the molecule is CSc1cccc(NC(=O)Nc2cc(Cl)ccc2CCO)c1. The van der Waals surface area contributed by atoms with E-state index >= 15 is 0 Å². The predicted octanol–water partition coefficient (Wildman–Crippen LogP) is 4.24. The third-order valence-corrected chi connectivity index (χ3v) is 3.99. The van der Waals surface area contributed by atoms with E-state index in [-0.39, 0.29) is 12.6 Å². The average molecular weight is 337 g/mol. The van der Waals surface area contributed by atoms with E-state index in [1.165, 1.54) is 0 Å². The number of rotatable bonds is 5. The van der Waals surface area contributed by atoms with Crippen LogP contribution in [-0.4, -0.2) is 24.0 Å². The van der Waals surface area contributed by atoms with E-state index in [9.17, 15) is 4.79 Å². The number of carbonyl (C=O) groups is 1. The van der Waals surface area contributed by atoms with Crippen molar-refractivity contribution in [3.63, 3.8) is 0 Å². The highest BCUT2D eigenvalue weighted by Crippen LogP contribution is 2.23. The smallest absolute Gasteiger partial charge is 0.323 e. The van der Waals surface area contributed by atoms with Crippen LogP contribution in [-0.2, 0) is 6.42 Å². The molecule has 0 saturated heterocycles. The van der Waals surface area contributed by atoms with Crippen molar-refractivity contribution in [3.8, 4) is 0 Å². The molecule has 2 amide bonds. The minimum Gasteiger partial charge on any atom is -0.396 e. The maximum absolute atomic E-state index is 12.1. The van der Waals surface area contributed by atoms with Gasteiger partial charge in [0.2, 0.25) is 0 Å². The standard InChI is InChI=1S/C16H17ClN2O2S/c1-22-14-4-2-3-13(10-14)18-16(21)19-15-9-12(17)6-5-11(15)7-8-20/h2-6,9-10,20H,7-8H2,1H3,(H2,18,19,21). The molecule has 22 heavy (non-hydrogen) atoms. The Kier molecular flexibility index (Phi) is 6.12. The van der Waals surface area contributed by atoms with Gasteiger partial charge in [0.25, 0.3) is 0 Å². The number of anilines is 2. The molecule has 0 radical (unpaired) electrons. The molecule has 0 fully saturated rings. The number of hydrogen-bond donors (Lipinski definition) is 3. The van der Waals surface area contributed by atoms with Crippen molar-refractivity contribution in [1.82, 2.24) is 0 Å². The molecule has 4 nitrogen and oxygen atoms in total. The highest BCUT2D eigenvalue weighted by molar-refractivity contribution is 7.98. The number of hydrogen-bond acceptors (Lipinski definition) is 3. The van der Waals surface area contributed by atoms with Gasteiger partial charge in [0.15, 0.2) is 0 Å². The molecule has 0 saturated carbocycles. The zero-order valence-corrected chi connectivity index (χ0v) is 13.7. The zero-order chi connectivity index (χ0) is 15.9. The molecule has 0 aliphatic carbocycles. The fourth-order valence-corrected chi connectivity index (χ4v) is 2.62. The first-order valence-corrected chi connectivity index (χ1v) is 8.34. The van der Waals surface area contributed by atoms with E-state index in [0.717, 1.165) is 16.1 Å². The summed E-state index contributed by atoms with van der Waals surface area (Å²) in [7, 11) is 0. The Bertz CT molecular complexity index is 664. The molecule has 116 valence electrons. The van der Waals surface area contributed by atoms with E-state index in [4.69, 9.17) is 16.7 Å². The predicted molar refractivity (Wildman–Crippen MR) is 93.1 cm³/mol. The summed E-state index contributed by atoms with van der Waals surface area (Å²) >= 11 is 7.57. The summed E-state index contributed by atoms with van der Waals surface area (Å²) in [5.74, 6) is 0. The molecular formula is C16H17ClN2O2S. The molecule has 0 bridgehead atoms. The number of aliphatic hydroxyl groups excluding tert-OH is 1. The van der Waals surface area contributed by atoms with Crippen molar-refractivity contribution in [3.05, 3.63) is 53.1 Å². The molecule has 0 aromatic heterocycles. The van der Waals surface area contributed by atoms with Crippen LogP contribution in [0.15, 0.2) is 47.4 Å². The van der Waals surface area contributed by atoms with Gasteiger partial charge in [-0.3, -0.25) is 0 Å². The van der Waals surface area contributed by atoms with Gasteiger partial charge in [-0.2, -0.15) is 0 Å². The van der Waals surface area contributed by atoms with E-state index in [2.05, 4.69) is 10.6 Å². The first-order chi connectivity index (χ1) is 10.6. The van der Waals surface area contributed by atoms with Crippen LogP contribution < -0.4 is 10.6 Å². The van der Waals surface area contributed by atoms with Crippen LogP contribution in [0.4, 0.5) is 16.2 Å². The van der Waals surface area contributed by atoms with Crippen LogP contribution in [0.5, 0.6) is 0 Å². The van der Waals surface area contributed by atoms with Crippen molar-refractivity contribution >= 4 is 40.8 Å². The Labute approximate surface area is 138 Å². The Morgan fingerprint density at radius 3 is 2.77 bits per heavy atom. The summed E-state index contributed by atoms with van der Waals surface area (Å²) in [6, 6.07) is 12.4. The van der Waals surface area contributed by atoms with Crippen LogP contribution in [0, 0.1) is 0 Å². The van der Waals surface area contributed by atoms with Crippen molar-refractivity contribution in [2.45, 2.75) is 11.3 Å². The van der Waals surface area contributed by atoms with Crippen LogP contribution >= 0.6 is 23.4 Å². The average Bonchev–Trinajstić information content (AvgIpc) is 2.50. The molecule has 2 aromatic carbocycles. The van der Waals surface area contributed by atoms with Crippen LogP contribution in [0.2, 0.25) is 5.02 Å². The van der Waals surface area contributed by atoms with Crippen LogP contribution in [0.1, 0.15) is 5.56 Å². The van der Waals surface area contributed by atoms with Crippen LogP contribution in [0.25, 0.3) is 0 Å². The normalized spacial score (nSPS) is 10.3. The van der Waals surface area contributed by atoms with Crippen molar-refractivity contribution in [2.75, 3.05) is 23.5 Å². The lowest BCUT2D eigenvalue weighted by Gasteiger charge is -2.12. The molecule has 0 atom stereocenters. The van der Waals surface area contributed by atoms with E-state index in [1.807, 2.05) is 30.5 Å². The second kappa shape index (κ2) is 8.08. The number of amides is 2. The number of urea groups is 1. The molecule has 3 N–H and O–H groups in total. The number of carbonyl (C=O) groups excluding carboxylic acids is 1. The molecule has 0 heterocycles. The second-order valence-corrected chi connectivity index (χ2v) is 5.90. The van der Waals surface area contributed by atoms with Gasteiger partial charge in [-0.15, -0.1) is 11.8 Å². The molecular weight excluding hydrogens is 320 g/mol. The summed E-state index contributed by atoms with van der Waals surface area (Å²) in [5.41, 5.74) is 2.15. The summed E-state index contributed by atoms with van der Waals surface area (Å²) in [4.78, 5) is 13.2. The molecule has 6 heteroatoms. The Hall–Kier alpha value is -1.69. The number of thioether (sulfide) groups is 1. The van der Waals surface area contributed by atoms with Gasteiger partial charge in [-0.1, -0.05) is 23.7 Å². The minimum absolute atomic E-state index is 0.00764.